The van der Waals surface area contributed by atoms with Gasteiger partial charge in [0.05, 0.1) is 17.4 Å². The summed E-state index contributed by atoms with van der Waals surface area (Å²) in [7, 11) is 0. The van der Waals surface area contributed by atoms with Crippen LogP contribution in [0.1, 0.15) is 37.7 Å². The number of aromatic nitrogens is 2. The molecular formula is C20H21F4N3. The van der Waals surface area contributed by atoms with Crippen LogP contribution in [0.2, 0.25) is 0 Å². The Labute approximate surface area is 155 Å². The van der Waals surface area contributed by atoms with Crippen molar-refractivity contribution in [2.45, 2.75) is 39.0 Å². The number of nitrogens with zero attached hydrogens (tertiary/aromatic N) is 2. The molecule has 0 saturated carbocycles. The van der Waals surface area contributed by atoms with Gasteiger partial charge >= 0.3 is 6.18 Å². The number of alkyl halides is 3. The van der Waals surface area contributed by atoms with Crippen LogP contribution in [0.15, 0.2) is 48.6 Å². The van der Waals surface area contributed by atoms with Crippen molar-refractivity contribution in [3.8, 4) is 0 Å². The van der Waals surface area contributed by atoms with Gasteiger partial charge in [-0.25, -0.2) is 4.39 Å². The summed E-state index contributed by atoms with van der Waals surface area (Å²) in [4.78, 5) is 0. The molecule has 144 valence electrons. The topological polar surface area (TPSA) is 29.9 Å². The second kappa shape index (κ2) is 7.21. The van der Waals surface area contributed by atoms with Gasteiger partial charge in [-0.05, 0) is 54.3 Å². The van der Waals surface area contributed by atoms with Crippen LogP contribution in [-0.2, 0) is 6.54 Å². The van der Waals surface area contributed by atoms with Crippen molar-refractivity contribution in [2.24, 2.45) is 5.92 Å². The van der Waals surface area contributed by atoms with Gasteiger partial charge in [0, 0.05) is 17.8 Å². The van der Waals surface area contributed by atoms with Crippen LogP contribution in [0.3, 0.4) is 0 Å². The average molecular weight is 379 g/mol. The van der Waals surface area contributed by atoms with Crippen LogP contribution in [0.4, 0.5) is 23.2 Å². The molecule has 1 aliphatic heterocycles. The predicted octanol–water partition coefficient (Wildman–Crippen LogP) is 5.74. The van der Waals surface area contributed by atoms with Gasteiger partial charge in [0.1, 0.15) is 5.82 Å². The number of allylic oxidation sites excluding steroid dienone is 3. The van der Waals surface area contributed by atoms with Crippen molar-refractivity contribution in [2.75, 3.05) is 5.32 Å². The summed E-state index contributed by atoms with van der Waals surface area (Å²) < 4.78 is 53.5. The summed E-state index contributed by atoms with van der Waals surface area (Å²) in [5.74, 6) is -0.445. The Morgan fingerprint density at radius 1 is 1.30 bits per heavy atom. The Kier molecular flexibility index (Phi) is 5.13. The zero-order valence-electron chi connectivity index (χ0n) is 15.1. The molecule has 27 heavy (non-hydrogen) atoms. The lowest BCUT2D eigenvalue weighted by molar-refractivity contribution is -0.0877. The molecule has 7 heteroatoms. The molecule has 0 saturated heterocycles. The smallest absolute Gasteiger partial charge is 0.377 e. The standard InChI is InChI=1S/C20H21F4N3/c1-12(2)16(10-13(3)20(22,23)24)18-11-19-17(8-9-27(19)26-18)25-15-6-4-14(21)5-7-15/h4-7,10-12,17,25H,3,8-9H2,1-2H3/b16-10+. The van der Waals surface area contributed by atoms with E-state index in [4.69, 9.17) is 0 Å². The average Bonchev–Trinajstić information content (AvgIpc) is 3.15. The number of nitrogens with one attached hydrogen (secondary N) is 1. The molecule has 0 fully saturated rings. The molecule has 0 radical (unpaired) electrons. The largest absolute Gasteiger partial charge is 0.415 e. The Balaban J connectivity index is 1.86. The third kappa shape index (κ3) is 4.23. The van der Waals surface area contributed by atoms with Crippen LogP contribution in [-0.4, -0.2) is 16.0 Å². The molecule has 0 bridgehead atoms. The first kappa shape index (κ1) is 19.2. The van der Waals surface area contributed by atoms with E-state index >= 15 is 0 Å². The summed E-state index contributed by atoms with van der Waals surface area (Å²) in [5, 5.41) is 7.82. The highest BCUT2D eigenvalue weighted by atomic mass is 19.4. The second-order valence-corrected chi connectivity index (χ2v) is 6.95. The lowest BCUT2D eigenvalue weighted by Gasteiger charge is -2.14. The van der Waals surface area contributed by atoms with Crippen LogP contribution < -0.4 is 5.32 Å². The molecule has 0 spiro atoms. The van der Waals surface area contributed by atoms with Gasteiger partial charge in [0.15, 0.2) is 0 Å². The monoisotopic (exact) mass is 379 g/mol. The number of hydrogen-bond acceptors (Lipinski definition) is 2. The number of fused-ring (bicyclic) bond motifs is 1. The number of hydrogen-bond donors (Lipinski definition) is 1. The SMILES string of the molecule is C=C(/C=C(/c1cc2n(n1)CCC2Nc1ccc(F)cc1)C(C)C)C(F)(F)F. The molecule has 3 nitrogen and oxygen atoms in total. The molecule has 1 unspecified atom stereocenters. The van der Waals surface area contributed by atoms with Crippen molar-refractivity contribution in [3.63, 3.8) is 0 Å². The van der Waals surface area contributed by atoms with E-state index in [0.717, 1.165) is 23.9 Å². The first-order valence-corrected chi connectivity index (χ1v) is 8.73. The van der Waals surface area contributed by atoms with Gasteiger partial charge in [-0.3, -0.25) is 4.68 Å². The van der Waals surface area contributed by atoms with Crippen LogP contribution in [0, 0.1) is 11.7 Å². The van der Waals surface area contributed by atoms with Crippen molar-refractivity contribution in [3.05, 3.63) is 65.8 Å². The number of anilines is 1. The molecule has 3 rings (SSSR count). The van der Waals surface area contributed by atoms with Crippen molar-refractivity contribution in [1.29, 1.82) is 0 Å². The normalized spacial score (nSPS) is 17.3. The van der Waals surface area contributed by atoms with Crippen molar-refractivity contribution in [1.82, 2.24) is 9.78 Å². The van der Waals surface area contributed by atoms with Crippen LogP contribution in [0.5, 0.6) is 0 Å². The molecule has 0 aliphatic carbocycles. The van der Waals surface area contributed by atoms with Gasteiger partial charge in [0.25, 0.3) is 0 Å². The first-order chi connectivity index (χ1) is 12.6. The maximum atomic E-state index is 13.1. The molecular weight excluding hydrogens is 358 g/mol. The first-order valence-electron chi connectivity index (χ1n) is 8.73. The van der Waals surface area contributed by atoms with E-state index in [1.807, 2.05) is 24.6 Å². The number of rotatable bonds is 5. The Hall–Kier alpha value is -2.57. The fourth-order valence-corrected chi connectivity index (χ4v) is 3.13. The van der Waals surface area contributed by atoms with E-state index in [0.29, 0.717) is 17.8 Å². The molecule has 1 N–H and O–H groups in total. The van der Waals surface area contributed by atoms with E-state index in [1.165, 1.54) is 12.1 Å². The van der Waals surface area contributed by atoms with E-state index in [-0.39, 0.29) is 17.8 Å². The minimum Gasteiger partial charge on any atom is -0.377 e. The highest BCUT2D eigenvalue weighted by Crippen LogP contribution is 2.35. The molecule has 1 aliphatic rings. The van der Waals surface area contributed by atoms with Gasteiger partial charge in [-0.2, -0.15) is 18.3 Å². The van der Waals surface area contributed by atoms with Crippen LogP contribution in [0.25, 0.3) is 5.57 Å². The van der Waals surface area contributed by atoms with Crippen molar-refractivity contribution >= 4 is 11.3 Å². The lowest BCUT2D eigenvalue weighted by Crippen LogP contribution is -2.10. The third-order valence-corrected chi connectivity index (χ3v) is 4.59. The minimum atomic E-state index is -4.46. The van der Waals surface area contributed by atoms with Gasteiger partial charge < -0.3 is 5.32 Å². The van der Waals surface area contributed by atoms with E-state index in [1.54, 1.807) is 12.1 Å². The molecule has 2 aromatic rings. The Morgan fingerprint density at radius 2 is 1.96 bits per heavy atom. The van der Waals surface area contributed by atoms with Crippen molar-refractivity contribution < 1.29 is 17.6 Å². The summed E-state index contributed by atoms with van der Waals surface area (Å²) in [5.41, 5.74) is 1.82. The molecule has 2 heterocycles. The third-order valence-electron chi connectivity index (χ3n) is 4.59. The quantitative estimate of drug-likeness (QED) is 0.531. The summed E-state index contributed by atoms with van der Waals surface area (Å²) >= 11 is 0. The number of halogens is 4. The Bertz CT molecular complexity index is 860. The number of aryl methyl sites for hydroxylation is 1. The molecule has 1 aromatic carbocycles. The minimum absolute atomic E-state index is 0.0315. The highest BCUT2D eigenvalue weighted by Gasteiger charge is 2.32. The van der Waals surface area contributed by atoms with E-state index in [2.05, 4.69) is 17.0 Å². The predicted molar refractivity (Wildman–Crippen MR) is 97.6 cm³/mol. The maximum absolute atomic E-state index is 13.1. The van der Waals surface area contributed by atoms with Crippen LogP contribution >= 0.6 is 0 Å². The zero-order valence-corrected chi connectivity index (χ0v) is 15.1. The summed E-state index contributed by atoms with van der Waals surface area (Å²) in [6, 6.07) is 7.86. The molecule has 0 amide bonds. The van der Waals surface area contributed by atoms with Gasteiger partial charge in [-0.1, -0.05) is 20.4 Å². The lowest BCUT2D eigenvalue weighted by atomic mass is 9.97. The maximum Gasteiger partial charge on any atom is 0.415 e. The fraction of sp³-hybridized carbons (Fsp3) is 0.350. The van der Waals surface area contributed by atoms with Gasteiger partial charge in [-0.15, -0.1) is 0 Å². The fourth-order valence-electron chi connectivity index (χ4n) is 3.13. The van der Waals surface area contributed by atoms with E-state index < -0.39 is 11.7 Å². The second-order valence-electron chi connectivity index (χ2n) is 6.95. The zero-order chi connectivity index (χ0) is 19.8. The number of benzene rings is 1. The molecule has 1 atom stereocenters. The van der Waals surface area contributed by atoms with Gasteiger partial charge in [0.2, 0.25) is 0 Å². The summed E-state index contributed by atoms with van der Waals surface area (Å²) in [6.07, 6.45) is -2.59. The highest BCUT2D eigenvalue weighted by molar-refractivity contribution is 5.67. The van der Waals surface area contributed by atoms with E-state index in [9.17, 15) is 17.6 Å². The summed E-state index contributed by atoms with van der Waals surface area (Å²) in [6.45, 7) is 7.46. The molecule has 1 aromatic heterocycles. The Morgan fingerprint density at radius 3 is 2.56 bits per heavy atom.